The van der Waals surface area contributed by atoms with E-state index in [4.69, 9.17) is 0 Å². The van der Waals surface area contributed by atoms with Gasteiger partial charge in [0.1, 0.15) is 5.82 Å². The van der Waals surface area contributed by atoms with Gasteiger partial charge in [0.25, 0.3) is 5.56 Å². The van der Waals surface area contributed by atoms with Crippen LogP contribution >= 0.6 is 11.3 Å². The molecular weight excluding hydrogens is 405 g/mol. The zero-order valence-electron chi connectivity index (χ0n) is 16.2. The van der Waals surface area contributed by atoms with Crippen molar-refractivity contribution in [3.63, 3.8) is 0 Å². The quantitative estimate of drug-likeness (QED) is 0.544. The molecule has 0 radical (unpaired) electrons. The summed E-state index contributed by atoms with van der Waals surface area (Å²) in [5, 5.41) is 2.60. The number of nitrogens with zero attached hydrogens (tertiary/aromatic N) is 4. The number of H-pyrrole nitrogens is 1. The molecule has 0 bridgehead atoms. The van der Waals surface area contributed by atoms with Crippen LogP contribution in [0.4, 0.5) is 4.39 Å². The van der Waals surface area contributed by atoms with Crippen LogP contribution in [-0.4, -0.2) is 56.3 Å². The predicted octanol–water partition coefficient (Wildman–Crippen LogP) is 2.26. The molecule has 5 rings (SSSR count). The molecule has 1 amide bonds. The summed E-state index contributed by atoms with van der Waals surface area (Å²) >= 11 is 1.44. The van der Waals surface area contributed by atoms with E-state index in [1.54, 1.807) is 28.9 Å². The van der Waals surface area contributed by atoms with Gasteiger partial charge in [-0.05, 0) is 23.8 Å². The van der Waals surface area contributed by atoms with Crippen LogP contribution in [0.5, 0.6) is 0 Å². The van der Waals surface area contributed by atoms with Crippen LogP contribution in [0, 0.1) is 5.82 Å². The van der Waals surface area contributed by atoms with Gasteiger partial charge in [0, 0.05) is 67.5 Å². The lowest BCUT2D eigenvalue weighted by molar-refractivity contribution is -0.132. The maximum absolute atomic E-state index is 13.6. The van der Waals surface area contributed by atoms with Gasteiger partial charge in [-0.2, -0.15) is 0 Å². The lowest BCUT2D eigenvalue weighted by Gasteiger charge is -2.34. The Morgan fingerprint density at radius 3 is 2.87 bits per heavy atom. The number of carbonyl (C=O) groups is 1. The lowest BCUT2D eigenvalue weighted by atomic mass is 10.1. The van der Waals surface area contributed by atoms with Crippen LogP contribution in [0.3, 0.4) is 0 Å². The van der Waals surface area contributed by atoms with Crippen molar-refractivity contribution in [2.45, 2.75) is 13.0 Å². The predicted molar refractivity (Wildman–Crippen MR) is 113 cm³/mol. The number of carbonyl (C=O) groups excluding carboxylic acids is 1. The fourth-order valence-electron chi connectivity index (χ4n) is 3.92. The first kappa shape index (κ1) is 19.0. The molecule has 1 saturated heterocycles. The first-order chi connectivity index (χ1) is 14.6. The molecule has 154 valence electrons. The summed E-state index contributed by atoms with van der Waals surface area (Å²) in [6.45, 7) is 3.28. The van der Waals surface area contributed by atoms with E-state index in [1.807, 2.05) is 10.3 Å². The van der Waals surface area contributed by atoms with Crippen LogP contribution < -0.4 is 5.56 Å². The largest absolute Gasteiger partial charge is 0.361 e. The van der Waals surface area contributed by atoms with E-state index in [0.29, 0.717) is 24.6 Å². The van der Waals surface area contributed by atoms with Crippen LogP contribution in [-0.2, 0) is 17.8 Å². The summed E-state index contributed by atoms with van der Waals surface area (Å²) in [5.41, 5.74) is 2.32. The molecule has 1 N–H and O–H groups in total. The third-order valence-corrected chi connectivity index (χ3v) is 6.29. The van der Waals surface area contributed by atoms with Gasteiger partial charge in [-0.25, -0.2) is 9.37 Å². The highest BCUT2D eigenvalue weighted by Crippen LogP contribution is 2.21. The van der Waals surface area contributed by atoms with E-state index in [1.165, 1.54) is 23.5 Å². The molecule has 4 aromatic rings. The molecule has 0 spiro atoms. The number of rotatable bonds is 4. The molecule has 4 heterocycles. The number of hydrogen-bond acceptors (Lipinski definition) is 5. The Morgan fingerprint density at radius 2 is 2.03 bits per heavy atom. The minimum absolute atomic E-state index is 0.0381. The van der Waals surface area contributed by atoms with E-state index in [0.717, 1.165) is 35.2 Å². The standard InChI is InChI=1S/C21H20FN5O2S/c22-15-1-2-18-17(10-15)14(12-23-18)9-19(28)26-5-3-25(4-6-26)13-16-11-20(29)27-7-8-30-21(27)24-16/h1-2,7-8,10-12,23H,3-6,9,13H2. The molecule has 1 fully saturated rings. The molecular formula is C21H20FN5O2S. The van der Waals surface area contributed by atoms with E-state index in [-0.39, 0.29) is 23.7 Å². The van der Waals surface area contributed by atoms with Crippen LogP contribution in [0.1, 0.15) is 11.3 Å². The first-order valence-electron chi connectivity index (χ1n) is 9.78. The van der Waals surface area contributed by atoms with Crippen molar-refractivity contribution < 1.29 is 9.18 Å². The first-order valence-corrected chi connectivity index (χ1v) is 10.7. The third-order valence-electron chi connectivity index (χ3n) is 5.54. The van der Waals surface area contributed by atoms with E-state index in [2.05, 4.69) is 14.9 Å². The number of halogens is 1. The number of aromatic nitrogens is 3. The Balaban J connectivity index is 1.21. The topological polar surface area (TPSA) is 73.7 Å². The van der Waals surface area contributed by atoms with Crippen molar-refractivity contribution in [1.29, 1.82) is 0 Å². The molecule has 1 aliphatic heterocycles. The summed E-state index contributed by atoms with van der Waals surface area (Å²) in [6, 6.07) is 6.13. The van der Waals surface area contributed by atoms with Crippen molar-refractivity contribution in [2.75, 3.05) is 26.2 Å². The molecule has 0 unspecified atom stereocenters. The fourth-order valence-corrected chi connectivity index (χ4v) is 4.66. The minimum atomic E-state index is -0.307. The van der Waals surface area contributed by atoms with Crippen molar-refractivity contribution in [2.24, 2.45) is 0 Å². The van der Waals surface area contributed by atoms with Gasteiger partial charge in [-0.1, -0.05) is 0 Å². The summed E-state index contributed by atoms with van der Waals surface area (Å²) in [5.74, 6) is -0.269. The summed E-state index contributed by atoms with van der Waals surface area (Å²) in [4.78, 5) is 37.3. The summed E-state index contributed by atoms with van der Waals surface area (Å²) in [7, 11) is 0. The van der Waals surface area contributed by atoms with Gasteiger partial charge >= 0.3 is 0 Å². The van der Waals surface area contributed by atoms with Gasteiger partial charge in [0.2, 0.25) is 5.91 Å². The highest BCUT2D eigenvalue weighted by molar-refractivity contribution is 7.15. The number of thiazole rings is 1. The number of nitrogens with one attached hydrogen (secondary N) is 1. The number of amides is 1. The molecule has 0 atom stereocenters. The van der Waals surface area contributed by atoms with E-state index in [9.17, 15) is 14.0 Å². The number of hydrogen-bond donors (Lipinski definition) is 1. The monoisotopic (exact) mass is 425 g/mol. The Bertz CT molecular complexity index is 1290. The molecule has 0 aliphatic carbocycles. The Kier molecular flexibility index (Phi) is 4.84. The van der Waals surface area contributed by atoms with E-state index < -0.39 is 0 Å². The van der Waals surface area contributed by atoms with Gasteiger partial charge in [0.05, 0.1) is 12.1 Å². The SMILES string of the molecule is O=C(Cc1c[nH]c2ccc(F)cc12)N1CCN(Cc2cc(=O)n3ccsc3n2)CC1. The zero-order chi connectivity index (χ0) is 20.7. The van der Waals surface area contributed by atoms with Crippen molar-refractivity contribution in [1.82, 2.24) is 24.2 Å². The minimum Gasteiger partial charge on any atom is -0.361 e. The number of piperazine rings is 1. The summed E-state index contributed by atoms with van der Waals surface area (Å²) in [6.07, 6.45) is 3.76. The Hall–Kier alpha value is -3.04. The molecule has 3 aromatic heterocycles. The molecule has 30 heavy (non-hydrogen) atoms. The second-order valence-corrected chi connectivity index (χ2v) is 8.35. The Morgan fingerprint density at radius 1 is 1.20 bits per heavy atom. The second-order valence-electron chi connectivity index (χ2n) is 7.48. The molecule has 9 heteroatoms. The molecule has 1 aliphatic rings. The van der Waals surface area contributed by atoms with Crippen molar-refractivity contribution in [3.8, 4) is 0 Å². The van der Waals surface area contributed by atoms with Crippen LogP contribution in [0.15, 0.2) is 46.8 Å². The average molecular weight is 425 g/mol. The fraction of sp³-hybridized carbons (Fsp3) is 0.286. The second kappa shape index (κ2) is 7.66. The zero-order valence-corrected chi connectivity index (χ0v) is 17.0. The lowest BCUT2D eigenvalue weighted by Crippen LogP contribution is -2.48. The van der Waals surface area contributed by atoms with Gasteiger partial charge < -0.3 is 9.88 Å². The van der Waals surface area contributed by atoms with Crippen molar-refractivity contribution in [3.05, 3.63) is 69.5 Å². The molecule has 0 saturated carbocycles. The van der Waals surface area contributed by atoms with Crippen LogP contribution in [0.2, 0.25) is 0 Å². The van der Waals surface area contributed by atoms with Gasteiger partial charge in [-0.3, -0.25) is 18.9 Å². The number of aromatic amines is 1. The molecule has 7 nitrogen and oxygen atoms in total. The van der Waals surface area contributed by atoms with Gasteiger partial charge in [-0.15, -0.1) is 11.3 Å². The van der Waals surface area contributed by atoms with Crippen LogP contribution in [0.25, 0.3) is 15.9 Å². The highest BCUT2D eigenvalue weighted by atomic mass is 32.1. The summed E-state index contributed by atoms with van der Waals surface area (Å²) < 4.78 is 15.1. The number of fused-ring (bicyclic) bond motifs is 2. The highest BCUT2D eigenvalue weighted by Gasteiger charge is 2.22. The number of benzene rings is 1. The van der Waals surface area contributed by atoms with E-state index >= 15 is 0 Å². The maximum atomic E-state index is 13.6. The molecule has 1 aromatic carbocycles. The Labute approximate surface area is 175 Å². The maximum Gasteiger partial charge on any atom is 0.258 e. The normalized spacial score (nSPS) is 15.3. The third kappa shape index (κ3) is 3.61. The van der Waals surface area contributed by atoms with Gasteiger partial charge in [0.15, 0.2) is 4.96 Å². The van der Waals surface area contributed by atoms with Crippen molar-refractivity contribution >= 4 is 33.1 Å². The smallest absolute Gasteiger partial charge is 0.258 e. The average Bonchev–Trinajstić information content (AvgIpc) is 3.36.